The van der Waals surface area contributed by atoms with Crippen molar-refractivity contribution in [1.29, 1.82) is 0 Å². The van der Waals surface area contributed by atoms with Gasteiger partial charge in [-0.15, -0.1) is 24.8 Å². The van der Waals surface area contributed by atoms with E-state index < -0.39 is 0 Å². The molecule has 1 unspecified atom stereocenters. The first kappa shape index (κ1) is 22.0. The van der Waals surface area contributed by atoms with Crippen molar-refractivity contribution in [3.63, 3.8) is 0 Å². The molecule has 2 rings (SSSR count). The summed E-state index contributed by atoms with van der Waals surface area (Å²) in [7, 11) is 0. The molecule has 132 valence electrons. The molecule has 1 amide bonds. The predicted octanol–water partition coefficient (Wildman–Crippen LogP) is 3.27. The van der Waals surface area contributed by atoms with E-state index in [4.69, 9.17) is 5.73 Å². The van der Waals surface area contributed by atoms with Crippen LogP contribution in [0.25, 0.3) is 0 Å². The number of aryl methyl sites for hydroxylation is 1. The van der Waals surface area contributed by atoms with Crippen molar-refractivity contribution in [3.05, 3.63) is 29.3 Å². The van der Waals surface area contributed by atoms with Crippen molar-refractivity contribution in [1.82, 2.24) is 10.2 Å². The van der Waals surface area contributed by atoms with Crippen LogP contribution >= 0.6 is 24.8 Å². The van der Waals surface area contributed by atoms with Gasteiger partial charge in [0.1, 0.15) is 0 Å². The van der Waals surface area contributed by atoms with Crippen LogP contribution in [0, 0.1) is 12.8 Å². The van der Waals surface area contributed by atoms with Gasteiger partial charge in [0, 0.05) is 23.8 Å². The third kappa shape index (κ3) is 6.21. The first-order chi connectivity index (χ1) is 9.97. The van der Waals surface area contributed by atoms with Gasteiger partial charge in [0.25, 0.3) is 5.91 Å². The molecule has 0 aromatic heterocycles. The third-order valence-electron chi connectivity index (χ3n) is 4.51. The van der Waals surface area contributed by atoms with Crippen molar-refractivity contribution in [2.24, 2.45) is 5.92 Å². The summed E-state index contributed by atoms with van der Waals surface area (Å²) >= 11 is 0. The zero-order valence-corrected chi connectivity index (χ0v) is 15.8. The summed E-state index contributed by atoms with van der Waals surface area (Å²) in [4.78, 5) is 14.7. The summed E-state index contributed by atoms with van der Waals surface area (Å²) in [6, 6.07) is 5.84. The normalized spacial score (nSPS) is 16.8. The molecule has 1 fully saturated rings. The lowest BCUT2D eigenvalue weighted by Crippen LogP contribution is -2.45. The van der Waals surface area contributed by atoms with E-state index in [-0.39, 0.29) is 30.7 Å². The molecule has 1 aromatic rings. The number of carbonyl (C=O) groups is 1. The van der Waals surface area contributed by atoms with Crippen LogP contribution in [0.5, 0.6) is 0 Å². The summed E-state index contributed by atoms with van der Waals surface area (Å²) in [5, 5.41) is 3.04. The minimum Gasteiger partial charge on any atom is -0.399 e. The van der Waals surface area contributed by atoms with Crippen LogP contribution in [0.4, 0.5) is 5.69 Å². The summed E-state index contributed by atoms with van der Waals surface area (Å²) in [6.45, 7) is 9.38. The maximum Gasteiger partial charge on any atom is 0.251 e. The minimum absolute atomic E-state index is 0. The van der Waals surface area contributed by atoms with Gasteiger partial charge in [-0.25, -0.2) is 0 Å². The van der Waals surface area contributed by atoms with Crippen LogP contribution in [0.3, 0.4) is 0 Å². The topological polar surface area (TPSA) is 58.4 Å². The number of nitrogens with zero attached hydrogens (tertiary/aromatic N) is 1. The lowest BCUT2D eigenvalue weighted by molar-refractivity contribution is 0.0921. The molecule has 1 aliphatic heterocycles. The van der Waals surface area contributed by atoms with Gasteiger partial charge in [-0.05, 0) is 63.4 Å². The molecule has 6 heteroatoms. The molecule has 4 nitrogen and oxygen atoms in total. The zero-order valence-electron chi connectivity index (χ0n) is 14.2. The molecule has 1 aromatic carbocycles. The Morgan fingerprint density at radius 2 is 1.96 bits per heavy atom. The highest BCUT2D eigenvalue weighted by Gasteiger charge is 2.20. The van der Waals surface area contributed by atoms with E-state index in [9.17, 15) is 4.79 Å². The number of hydrogen-bond donors (Lipinski definition) is 2. The fraction of sp³-hybridized carbons (Fsp3) is 0.588. The molecular weight excluding hydrogens is 333 g/mol. The summed E-state index contributed by atoms with van der Waals surface area (Å²) < 4.78 is 0. The number of hydrogen-bond acceptors (Lipinski definition) is 3. The molecule has 0 spiro atoms. The van der Waals surface area contributed by atoms with Gasteiger partial charge < -0.3 is 11.1 Å². The second-order valence-corrected chi connectivity index (χ2v) is 6.35. The van der Waals surface area contributed by atoms with Crippen LogP contribution in [0.15, 0.2) is 18.2 Å². The van der Waals surface area contributed by atoms with Crippen LogP contribution in [0.1, 0.15) is 42.6 Å². The molecule has 1 aliphatic rings. The average molecular weight is 362 g/mol. The van der Waals surface area contributed by atoms with Crippen molar-refractivity contribution >= 4 is 36.4 Å². The average Bonchev–Trinajstić information content (AvgIpc) is 2.47. The SMILES string of the molecule is Cc1ccc(N)cc1C(=O)NCC(C)N1CCC(C)CC1.Cl.Cl. The monoisotopic (exact) mass is 361 g/mol. The van der Waals surface area contributed by atoms with Crippen LogP contribution in [-0.4, -0.2) is 36.5 Å². The fourth-order valence-electron chi connectivity index (χ4n) is 2.82. The van der Waals surface area contributed by atoms with E-state index in [0.29, 0.717) is 23.8 Å². The van der Waals surface area contributed by atoms with Crippen molar-refractivity contribution < 1.29 is 4.79 Å². The number of anilines is 1. The Morgan fingerprint density at radius 1 is 1.35 bits per heavy atom. The standard InChI is InChI=1S/C17H27N3O.2ClH/c1-12-6-8-20(9-7-12)14(3)11-19-17(21)16-10-15(18)5-4-13(16)2;;/h4-5,10,12,14H,6-9,11,18H2,1-3H3,(H,19,21);2*1H. The van der Waals surface area contributed by atoms with Crippen LogP contribution < -0.4 is 11.1 Å². The van der Waals surface area contributed by atoms with Gasteiger partial charge in [0.15, 0.2) is 0 Å². The Hall–Kier alpha value is -0.970. The van der Waals surface area contributed by atoms with Gasteiger partial charge in [-0.2, -0.15) is 0 Å². The smallest absolute Gasteiger partial charge is 0.251 e. The van der Waals surface area contributed by atoms with Gasteiger partial charge in [0.05, 0.1) is 0 Å². The lowest BCUT2D eigenvalue weighted by Gasteiger charge is -2.35. The molecule has 0 saturated carbocycles. The fourth-order valence-corrected chi connectivity index (χ4v) is 2.82. The number of amides is 1. The van der Waals surface area contributed by atoms with E-state index in [1.165, 1.54) is 12.8 Å². The third-order valence-corrected chi connectivity index (χ3v) is 4.51. The van der Waals surface area contributed by atoms with Crippen molar-refractivity contribution in [2.45, 2.75) is 39.7 Å². The molecule has 1 heterocycles. The maximum atomic E-state index is 12.3. The molecule has 0 radical (unpaired) electrons. The minimum atomic E-state index is -0.0305. The van der Waals surface area contributed by atoms with E-state index >= 15 is 0 Å². The molecule has 1 atom stereocenters. The second kappa shape index (κ2) is 10.0. The Labute approximate surface area is 152 Å². The Kier molecular flexibility index (Phi) is 9.59. The van der Waals surface area contributed by atoms with Gasteiger partial charge in [-0.1, -0.05) is 13.0 Å². The maximum absolute atomic E-state index is 12.3. The van der Waals surface area contributed by atoms with Crippen molar-refractivity contribution in [2.75, 3.05) is 25.4 Å². The predicted molar refractivity (Wildman–Crippen MR) is 102 cm³/mol. The molecule has 0 bridgehead atoms. The molecule has 3 N–H and O–H groups in total. The number of piperidine rings is 1. The Bertz CT molecular complexity index is 503. The Balaban J connectivity index is 0.00000242. The van der Waals surface area contributed by atoms with E-state index in [0.717, 1.165) is 24.6 Å². The van der Waals surface area contributed by atoms with Crippen molar-refractivity contribution in [3.8, 4) is 0 Å². The number of nitrogen functional groups attached to an aromatic ring is 1. The molecule has 1 saturated heterocycles. The van der Waals surface area contributed by atoms with E-state index in [1.807, 2.05) is 19.1 Å². The number of halogens is 2. The number of carbonyl (C=O) groups excluding carboxylic acids is 1. The highest BCUT2D eigenvalue weighted by atomic mass is 35.5. The first-order valence-electron chi connectivity index (χ1n) is 7.85. The highest BCUT2D eigenvalue weighted by molar-refractivity contribution is 5.96. The number of benzene rings is 1. The van der Waals surface area contributed by atoms with E-state index in [1.54, 1.807) is 6.07 Å². The van der Waals surface area contributed by atoms with Crippen LogP contribution in [0.2, 0.25) is 0 Å². The zero-order chi connectivity index (χ0) is 15.4. The quantitative estimate of drug-likeness (QED) is 0.809. The number of likely N-dealkylation sites (tertiary alicyclic amines) is 1. The van der Waals surface area contributed by atoms with E-state index in [2.05, 4.69) is 24.1 Å². The largest absolute Gasteiger partial charge is 0.399 e. The first-order valence-corrected chi connectivity index (χ1v) is 7.85. The van der Waals surface area contributed by atoms with Crippen LogP contribution in [-0.2, 0) is 0 Å². The Morgan fingerprint density at radius 3 is 2.57 bits per heavy atom. The van der Waals surface area contributed by atoms with Gasteiger partial charge in [0.2, 0.25) is 0 Å². The number of rotatable bonds is 4. The second-order valence-electron chi connectivity index (χ2n) is 6.35. The highest BCUT2D eigenvalue weighted by Crippen LogP contribution is 2.18. The lowest BCUT2D eigenvalue weighted by atomic mass is 9.98. The van der Waals surface area contributed by atoms with Gasteiger partial charge >= 0.3 is 0 Å². The van der Waals surface area contributed by atoms with Gasteiger partial charge in [-0.3, -0.25) is 9.69 Å². The summed E-state index contributed by atoms with van der Waals surface area (Å²) in [6.07, 6.45) is 2.51. The summed E-state index contributed by atoms with van der Waals surface area (Å²) in [5.41, 5.74) is 8.03. The number of nitrogens with one attached hydrogen (secondary N) is 1. The molecule has 0 aliphatic carbocycles. The summed E-state index contributed by atoms with van der Waals surface area (Å²) in [5.74, 6) is 0.801. The molecular formula is C17H29Cl2N3O. The molecule has 23 heavy (non-hydrogen) atoms. The number of nitrogens with two attached hydrogens (primary N) is 1.